The lowest BCUT2D eigenvalue weighted by molar-refractivity contribution is 0.0956. The second-order valence-corrected chi connectivity index (χ2v) is 14.8. The number of halogens is 2. The van der Waals surface area contributed by atoms with E-state index in [1.165, 1.54) is 0 Å². The van der Waals surface area contributed by atoms with Crippen LogP contribution >= 0.6 is 23.2 Å². The molecule has 1 aliphatic heterocycles. The molecule has 0 radical (unpaired) electrons. The van der Waals surface area contributed by atoms with Crippen LogP contribution < -0.4 is 15.4 Å². The number of rotatable bonds is 11. The van der Waals surface area contributed by atoms with E-state index in [1.807, 2.05) is 91.4 Å². The summed E-state index contributed by atoms with van der Waals surface area (Å²) in [5.41, 5.74) is 15.8. The van der Waals surface area contributed by atoms with Gasteiger partial charge in [-0.15, -0.1) is 0 Å². The number of aryl methyl sites for hydroxylation is 5. The summed E-state index contributed by atoms with van der Waals surface area (Å²) in [4.78, 5) is 29.6. The van der Waals surface area contributed by atoms with E-state index >= 15 is 4.79 Å². The Morgan fingerprint density at radius 3 is 2.40 bits per heavy atom. The number of primary amides is 1. The Labute approximate surface area is 319 Å². The van der Waals surface area contributed by atoms with E-state index in [2.05, 4.69) is 11.5 Å². The fourth-order valence-electron chi connectivity index (χ4n) is 8.08. The van der Waals surface area contributed by atoms with Gasteiger partial charge in [-0.3, -0.25) is 14.3 Å². The summed E-state index contributed by atoms with van der Waals surface area (Å²) in [5.74, 6) is 0.0922. The summed E-state index contributed by atoms with van der Waals surface area (Å²) in [6, 6.07) is 15.3. The van der Waals surface area contributed by atoms with Crippen molar-refractivity contribution in [3.63, 3.8) is 0 Å². The van der Waals surface area contributed by atoms with Gasteiger partial charge in [0.1, 0.15) is 17.1 Å². The van der Waals surface area contributed by atoms with Gasteiger partial charge < -0.3 is 29.2 Å². The molecule has 0 fully saturated rings. The van der Waals surface area contributed by atoms with Crippen LogP contribution in [0.25, 0.3) is 32.9 Å². The number of anilines is 1. The van der Waals surface area contributed by atoms with Crippen LogP contribution in [0.5, 0.6) is 5.75 Å². The number of carbonyl (C=O) groups excluding carboxylic acids is 2. The molecule has 0 saturated heterocycles. The Morgan fingerprint density at radius 1 is 1.00 bits per heavy atom. The van der Waals surface area contributed by atoms with Gasteiger partial charge in [0.2, 0.25) is 0 Å². The molecule has 2 N–H and O–H groups in total. The zero-order valence-corrected chi connectivity index (χ0v) is 32.7. The minimum atomic E-state index is -0.541. The first-order valence-corrected chi connectivity index (χ1v) is 18.6. The largest absolute Gasteiger partial charge is 0.494 e. The second-order valence-electron chi connectivity index (χ2n) is 14.0. The zero-order valence-electron chi connectivity index (χ0n) is 31.1. The second kappa shape index (κ2) is 14.2. The fourth-order valence-corrected chi connectivity index (χ4v) is 8.43. The molecule has 6 aromatic rings. The number of carbonyl (C=O) groups is 2. The molecule has 0 aliphatic carbocycles. The summed E-state index contributed by atoms with van der Waals surface area (Å²) < 4.78 is 17.5. The molecule has 1 unspecified atom stereocenters. The number of amides is 2. The van der Waals surface area contributed by atoms with Gasteiger partial charge in [0, 0.05) is 65.9 Å². The molecule has 1 aliphatic rings. The highest BCUT2D eigenvalue weighted by Crippen LogP contribution is 2.45. The Balaban J connectivity index is 1.39. The maximum Gasteiger partial charge on any atom is 0.275 e. The molecule has 0 spiro atoms. The summed E-state index contributed by atoms with van der Waals surface area (Å²) in [6.45, 7) is 11.7. The number of fused-ring (bicyclic) bond motifs is 4. The third-order valence-corrected chi connectivity index (χ3v) is 11.4. The highest BCUT2D eigenvalue weighted by molar-refractivity contribution is 6.35. The summed E-state index contributed by atoms with van der Waals surface area (Å²) in [5, 5.41) is 7.85. The highest BCUT2D eigenvalue weighted by Gasteiger charge is 2.37. The predicted octanol–water partition coefficient (Wildman–Crippen LogP) is 8.52. The number of para-hydroxylation sites is 1. The maximum atomic E-state index is 15.2. The van der Waals surface area contributed by atoms with Crippen LogP contribution in [0.15, 0.2) is 48.5 Å². The van der Waals surface area contributed by atoms with Gasteiger partial charge in [-0.25, -0.2) is 0 Å². The Kier molecular flexibility index (Phi) is 9.82. The van der Waals surface area contributed by atoms with Gasteiger partial charge in [0.25, 0.3) is 11.8 Å². The van der Waals surface area contributed by atoms with Gasteiger partial charge >= 0.3 is 0 Å². The van der Waals surface area contributed by atoms with Crippen LogP contribution in [-0.4, -0.2) is 57.6 Å². The molecule has 2 amide bonds. The number of hydrogen-bond acceptors (Lipinski definition) is 5. The van der Waals surface area contributed by atoms with Gasteiger partial charge in [0.05, 0.1) is 40.7 Å². The average molecular weight is 756 g/mol. The first-order valence-electron chi connectivity index (χ1n) is 17.8. The third-order valence-electron chi connectivity index (χ3n) is 10.5. The number of benzene rings is 3. The van der Waals surface area contributed by atoms with Gasteiger partial charge in [-0.2, -0.15) is 5.10 Å². The van der Waals surface area contributed by atoms with Crippen LogP contribution in [0.4, 0.5) is 5.69 Å². The lowest BCUT2D eigenvalue weighted by Crippen LogP contribution is -2.43. The van der Waals surface area contributed by atoms with Crippen molar-refractivity contribution in [1.82, 2.24) is 18.9 Å². The van der Waals surface area contributed by atoms with Crippen LogP contribution in [0.2, 0.25) is 10.0 Å². The molecule has 0 bridgehead atoms. The quantitative estimate of drug-likeness (QED) is 0.133. The molecule has 3 aromatic heterocycles. The minimum absolute atomic E-state index is 0.131. The zero-order chi connectivity index (χ0) is 37.9. The SMILES string of the molecule is COCCn1c(C(N)=O)cc2cccc(N3CC(C)n4c(c(CCCOc5cc(C)c(Cl)c(C)c5)c5ccc(Cl)c(-c6c(C)nn(C)c6C)c54)C3=O)c21. The van der Waals surface area contributed by atoms with Gasteiger partial charge in [-0.05, 0) is 94.5 Å². The predicted molar refractivity (Wildman–Crippen MR) is 212 cm³/mol. The number of ether oxygens (including phenoxy) is 2. The van der Waals surface area contributed by atoms with E-state index < -0.39 is 5.91 Å². The van der Waals surface area contributed by atoms with E-state index in [9.17, 15) is 4.79 Å². The van der Waals surface area contributed by atoms with E-state index in [1.54, 1.807) is 13.2 Å². The molecule has 1 atom stereocenters. The third kappa shape index (κ3) is 6.16. The standard InChI is InChI=1S/C41H44Cl2N6O4/c1-22-18-28(19-23(2)36(22)43)53-16-9-11-29-30-13-14-31(42)35(34-25(4)45-46(6)26(34)5)38(30)49-24(3)21-48(41(51)39(29)49)32-12-8-10-27-20-33(40(44)50)47(37(27)32)15-17-52-7/h8,10,12-14,18-20,24H,9,11,15-17,21H2,1-7H3,(H2,44,50). The van der Waals surface area contributed by atoms with E-state index in [4.69, 9.17) is 43.5 Å². The van der Waals surface area contributed by atoms with Crippen LogP contribution in [0.1, 0.15) is 68.4 Å². The topological polar surface area (TPSA) is 110 Å². The van der Waals surface area contributed by atoms with Crippen LogP contribution in [0, 0.1) is 27.7 Å². The Hall–Kier alpha value is -4.77. The Bertz CT molecular complexity index is 2420. The molecule has 12 heteroatoms. The van der Waals surface area contributed by atoms with Crippen molar-refractivity contribution in [3.8, 4) is 16.9 Å². The fraction of sp³-hybridized carbons (Fsp3) is 0.341. The van der Waals surface area contributed by atoms with E-state index in [-0.39, 0.29) is 11.9 Å². The summed E-state index contributed by atoms with van der Waals surface area (Å²) in [7, 11) is 3.55. The van der Waals surface area contributed by atoms with E-state index in [0.717, 1.165) is 71.8 Å². The van der Waals surface area contributed by atoms with Crippen LogP contribution in [0.3, 0.4) is 0 Å². The molecular formula is C41H44Cl2N6O4. The van der Waals surface area contributed by atoms with Crippen molar-refractivity contribution in [2.24, 2.45) is 12.8 Å². The number of aromatic nitrogens is 4. The maximum absolute atomic E-state index is 15.2. The highest BCUT2D eigenvalue weighted by atomic mass is 35.5. The van der Waals surface area contributed by atoms with Crippen molar-refractivity contribution in [2.75, 3.05) is 31.8 Å². The van der Waals surface area contributed by atoms with E-state index in [0.29, 0.717) is 61.2 Å². The first kappa shape index (κ1) is 36.6. The molecule has 276 valence electrons. The monoisotopic (exact) mass is 754 g/mol. The molecule has 7 rings (SSSR count). The minimum Gasteiger partial charge on any atom is -0.494 e. The normalized spacial score (nSPS) is 14.5. The number of hydrogen-bond donors (Lipinski definition) is 1. The smallest absolute Gasteiger partial charge is 0.275 e. The summed E-state index contributed by atoms with van der Waals surface area (Å²) in [6.07, 6.45) is 1.25. The molecule has 53 heavy (non-hydrogen) atoms. The van der Waals surface area contributed by atoms with Crippen LogP contribution in [-0.2, 0) is 24.8 Å². The summed E-state index contributed by atoms with van der Waals surface area (Å²) >= 11 is 13.5. The van der Waals surface area contributed by atoms with Gasteiger partial charge in [0.15, 0.2) is 0 Å². The molecule has 10 nitrogen and oxygen atoms in total. The van der Waals surface area contributed by atoms with Crippen molar-refractivity contribution < 1.29 is 19.1 Å². The van der Waals surface area contributed by atoms with Crippen molar-refractivity contribution in [3.05, 3.63) is 98.0 Å². The Morgan fingerprint density at radius 2 is 1.74 bits per heavy atom. The number of methoxy groups -OCH3 is 1. The van der Waals surface area contributed by atoms with Crippen molar-refractivity contribution in [1.29, 1.82) is 0 Å². The molecule has 3 aromatic carbocycles. The average Bonchev–Trinajstić information content (AvgIpc) is 3.75. The van der Waals surface area contributed by atoms with Crippen molar-refractivity contribution >= 4 is 62.5 Å². The molecule has 0 saturated carbocycles. The first-order chi connectivity index (χ1) is 25.3. The lowest BCUT2D eigenvalue weighted by atomic mass is 9.98. The lowest BCUT2D eigenvalue weighted by Gasteiger charge is -2.35. The number of nitrogens with two attached hydrogens (primary N) is 1. The van der Waals surface area contributed by atoms with Gasteiger partial charge in [-0.1, -0.05) is 41.4 Å². The molecule has 4 heterocycles. The number of nitrogens with zero attached hydrogens (tertiary/aromatic N) is 5. The van der Waals surface area contributed by atoms with Crippen molar-refractivity contribution in [2.45, 2.75) is 60.0 Å². The molecular weight excluding hydrogens is 711 g/mol.